The minimum atomic E-state index is -4.46. The van der Waals surface area contributed by atoms with E-state index < -0.39 is 11.7 Å². The maximum Gasteiger partial charge on any atom is 0.416 e. The highest BCUT2D eigenvalue weighted by atomic mass is 35.5. The monoisotopic (exact) mass is 471 g/mol. The van der Waals surface area contributed by atoms with Crippen molar-refractivity contribution in [3.63, 3.8) is 0 Å². The molecule has 0 saturated carbocycles. The second kappa shape index (κ2) is 8.68. The van der Waals surface area contributed by atoms with E-state index in [-0.39, 0.29) is 10.6 Å². The van der Waals surface area contributed by atoms with Crippen LogP contribution >= 0.6 is 11.6 Å². The first kappa shape index (κ1) is 21.7. The molecule has 1 aromatic carbocycles. The molecule has 0 amide bonds. The number of H-pyrrole nitrogens is 1. The van der Waals surface area contributed by atoms with Crippen LogP contribution in [-0.4, -0.2) is 32.8 Å². The van der Waals surface area contributed by atoms with E-state index in [0.29, 0.717) is 11.7 Å². The third-order valence-corrected chi connectivity index (χ3v) is 6.18. The summed E-state index contributed by atoms with van der Waals surface area (Å²) in [6.07, 6.45) is 8.04. The van der Waals surface area contributed by atoms with E-state index in [0.717, 1.165) is 54.1 Å². The van der Waals surface area contributed by atoms with E-state index in [1.54, 1.807) is 18.5 Å². The molecule has 3 aromatic heterocycles. The predicted molar refractivity (Wildman–Crippen MR) is 124 cm³/mol. The number of piperidine rings is 1. The van der Waals surface area contributed by atoms with Crippen LogP contribution in [-0.2, 0) is 6.18 Å². The molecule has 2 N–H and O–H groups in total. The lowest BCUT2D eigenvalue weighted by atomic mass is 10.0. The summed E-state index contributed by atoms with van der Waals surface area (Å²) in [5.41, 5.74) is 2.53. The second-order valence-corrected chi connectivity index (χ2v) is 8.55. The smallest absolute Gasteiger partial charge is 0.346 e. The molecule has 1 saturated heterocycles. The Kier molecular flexibility index (Phi) is 5.72. The average molecular weight is 472 g/mol. The largest absolute Gasteiger partial charge is 0.416 e. The van der Waals surface area contributed by atoms with Crippen LogP contribution in [0.3, 0.4) is 0 Å². The SMILES string of the molecule is FC(F)(F)c1ccc(Cl)cc1C=Cc1c[nH]c2ncc(-c3cnn(C4CCNCC4)c3)cc12. The van der Waals surface area contributed by atoms with Gasteiger partial charge in [-0.1, -0.05) is 23.8 Å². The number of hydrogen-bond donors (Lipinski definition) is 2. The molecule has 33 heavy (non-hydrogen) atoms. The number of rotatable bonds is 4. The van der Waals surface area contributed by atoms with Crippen LogP contribution < -0.4 is 5.32 Å². The topological polar surface area (TPSA) is 58.5 Å². The Bertz CT molecular complexity index is 1320. The number of fused-ring (bicyclic) bond motifs is 1. The number of nitrogens with zero attached hydrogens (tertiary/aromatic N) is 3. The Labute approximate surface area is 193 Å². The first-order chi connectivity index (χ1) is 15.9. The van der Waals surface area contributed by atoms with E-state index in [1.807, 2.05) is 23.1 Å². The van der Waals surface area contributed by atoms with E-state index in [4.69, 9.17) is 11.6 Å². The van der Waals surface area contributed by atoms with Gasteiger partial charge in [-0.3, -0.25) is 4.68 Å². The maximum absolute atomic E-state index is 13.4. The van der Waals surface area contributed by atoms with E-state index in [9.17, 15) is 13.2 Å². The van der Waals surface area contributed by atoms with Gasteiger partial charge >= 0.3 is 6.18 Å². The van der Waals surface area contributed by atoms with Gasteiger partial charge in [0.15, 0.2) is 0 Å². The fraction of sp³-hybridized carbons (Fsp3) is 0.250. The maximum atomic E-state index is 13.4. The van der Waals surface area contributed by atoms with Gasteiger partial charge in [0, 0.05) is 45.7 Å². The summed E-state index contributed by atoms with van der Waals surface area (Å²) >= 11 is 5.94. The van der Waals surface area contributed by atoms with Crippen molar-refractivity contribution in [3.8, 4) is 11.1 Å². The van der Waals surface area contributed by atoms with E-state index in [1.165, 1.54) is 18.2 Å². The molecular weight excluding hydrogens is 451 g/mol. The molecule has 0 spiro atoms. The number of aromatic nitrogens is 4. The molecule has 5 nitrogen and oxygen atoms in total. The Morgan fingerprint density at radius 3 is 2.61 bits per heavy atom. The molecule has 1 fully saturated rings. The molecule has 4 heterocycles. The van der Waals surface area contributed by atoms with Gasteiger partial charge < -0.3 is 10.3 Å². The van der Waals surface area contributed by atoms with Crippen molar-refractivity contribution >= 4 is 34.8 Å². The van der Waals surface area contributed by atoms with E-state index >= 15 is 0 Å². The normalized spacial score (nSPS) is 15.6. The van der Waals surface area contributed by atoms with Crippen molar-refractivity contribution in [2.24, 2.45) is 0 Å². The number of pyridine rings is 1. The van der Waals surface area contributed by atoms with Crippen molar-refractivity contribution < 1.29 is 13.2 Å². The lowest BCUT2D eigenvalue weighted by Crippen LogP contribution is -2.29. The minimum absolute atomic E-state index is 0.0108. The Balaban J connectivity index is 1.47. The van der Waals surface area contributed by atoms with Gasteiger partial charge in [0.05, 0.1) is 17.8 Å². The van der Waals surface area contributed by atoms with E-state index in [2.05, 4.69) is 20.4 Å². The molecule has 170 valence electrons. The van der Waals surface area contributed by atoms with Crippen molar-refractivity contribution in [1.82, 2.24) is 25.1 Å². The van der Waals surface area contributed by atoms with Gasteiger partial charge in [0.2, 0.25) is 0 Å². The number of aromatic amines is 1. The third kappa shape index (κ3) is 4.54. The van der Waals surface area contributed by atoms with Gasteiger partial charge in [0.1, 0.15) is 5.65 Å². The highest BCUT2D eigenvalue weighted by Crippen LogP contribution is 2.35. The molecule has 1 aliphatic rings. The van der Waals surface area contributed by atoms with Gasteiger partial charge in [-0.2, -0.15) is 18.3 Å². The zero-order valence-corrected chi connectivity index (χ0v) is 18.3. The van der Waals surface area contributed by atoms with Crippen LogP contribution in [0.25, 0.3) is 34.3 Å². The summed E-state index contributed by atoms with van der Waals surface area (Å²) < 4.78 is 42.1. The van der Waals surface area contributed by atoms with Crippen LogP contribution in [0.2, 0.25) is 5.02 Å². The predicted octanol–water partition coefficient (Wildman–Crippen LogP) is 6.19. The highest BCUT2D eigenvalue weighted by molar-refractivity contribution is 6.30. The van der Waals surface area contributed by atoms with Crippen molar-refractivity contribution in [1.29, 1.82) is 0 Å². The summed E-state index contributed by atoms with van der Waals surface area (Å²) in [5, 5.41) is 8.96. The summed E-state index contributed by atoms with van der Waals surface area (Å²) in [7, 11) is 0. The fourth-order valence-corrected chi connectivity index (χ4v) is 4.37. The Morgan fingerprint density at radius 2 is 1.82 bits per heavy atom. The summed E-state index contributed by atoms with van der Waals surface area (Å²) in [5.74, 6) is 0. The van der Waals surface area contributed by atoms with Crippen molar-refractivity contribution in [3.05, 3.63) is 70.8 Å². The Morgan fingerprint density at radius 1 is 1.03 bits per heavy atom. The van der Waals surface area contributed by atoms with Gasteiger partial charge in [-0.05, 0) is 55.8 Å². The number of nitrogens with one attached hydrogen (secondary N) is 2. The molecule has 0 radical (unpaired) electrons. The lowest BCUT2D eigenvalue weighted by molar-refractivity contribution is -0.137. The molecule has 0 atom stereocenters. The first-order valence-corrected chi connectivity index (χ1v) is 11.0. The van der Waals surface area contributed by atoms with Crippen LogP contribution in [0, 0.1) is 0 Å². The van der Waals surface area contributed by atoms with Crippen LogP contribution in [0.1, 0.15) is 35.6 Å². The van der Waals surface area contributed by atoms with Crippen LogP contribution in [0.4, 0.5) is 13.2 Å². The van der Waals surface area contributed by atoms with Gasteiger partial charge in [-0.25, -0.2) is 4.98 Å². The summed E-state index contributed by atoms with van der Waals surface area (Å²) in [6.45, 7) is 1.96. The zero-order chi connectivity index (χ0) is 23.0. The second-order valence-electron chi connectivity index (χ2n) is 8.12. The Hall–Kier alpha value is -3.10. The fourth-order valence-electron chi connectivity index (χ4n) is 4.19. The molecule has 0 aliphatic carbocycles. The first-order valence-electron chi connectivity index (χ1n) is 10.7. The number of alkyl halides is 3. The lowest BCUT2D eigenvalue weighted by Gasteiger charge is -2.22. The van der Waals surface area contributed by atoms with Gasteiger partial charge in [0.25, 0.3) is 0 Å². The number of hydrogen-bond acceptors (Lipinski definition) is 3. The minimum Gasteiger partial charge on any atom is -0.346 e. The highest BCUT2D eigenvalue weighted by Gasteiger charge is 2.32. The average Bonchev–Trinajstić information content (AvgIpc) is 3.45. The van der Waals surface area contributed by atoms with Crippen molar-refractivity contribution in [2.75, 3.05) is 13.1 Å². The van der Waals surface area contributed by atoms with Crippen molar-refractivity contribution in [2.45, 2.75) is 25.1 Å². The molecule has 9 heteroatoms. The van der Waals surface area contributed by atoms with Crippen LogP contribution in [0.15, 0.2) is 49.1 Å². The summed E-state index contributed by atoms with van der Waals surface area (Å²) in [6, 6.07) is 5.91. The quantitative estimate of drug-likeness (QED) is 0.373. The molecular formula is C24H21ClF3N5. The number of benzene rings is 1. The molecule has 0 bridgehead atoms. The molecule has 5 rings (SSSR count). The molecule has 1 aliphatic heterocycles. The number of halogens is 4. The third-order valence-electron chi connectivity index (χ3n) is 5.94. The van der Waals surface area contributed by atoms with Gasteiger partial charge in [-0.15, -0.1) is 0 Å². The summed E-state index contributed by atoms with van der Waals surface area (Å²) in [4.78, 5) is 7.57. The zero-order valence-electron chi connectivity index (χ0n) is 17.5. The van der Waals surface area contributed by atoms with Crippen LogP contribution in [0.5, 0.6) is 0 Å². The molecule has 4 aromatic rings. The molecule has 0 unspecified atom stereocenters. The standard InChI is InChI=1S/C24H21ClF3N5/c25-19-3-4-22(24(26,27)28)15(9-19)1-2-16-11-30-23-21(16)10-17(12-31-23)18-13-32-33(14-18)20-5-7-29-8-6-20/h1-4,9-14,20,29H,5-8H2,(H,30,31).